The summed E-state index contributed by atoms with van der Waals surface area (Å²) in [6, 6.07) is 99.2. The lowest BCUT2D eigenvalue weighted by Gasteiger charge is -2.26. The zero-order valence-electron chi connectivity index (χ0n) is 39.3. The van der Waals surface area contributed by atoms with Crippen LogP contribution in [0.3, 0.4) is 0 Å². The van der Waals surface area contributed by atoms with Gasteiger partial charge in [-0.25, -0.2) is 9.97 Å². The molecule has 0 bridgehead atoms. The molecule has 2 aromatic heterocycles. The van der Waals surface area contributed by atoms with Crippen molar-refractivity contribution in [2.75, 3.05) is 4.90 Å². The molecule has 72 heavy (non-hydrogen) atoms. The summed E-state index contributed by atoms with van der Waals surface area (Å²) in [7, 11) is 0. The molecule has 0 fully saturated rings. The number of para-hydroxylation sites is 3. The van der Waals surface area contributed by atoms with Crippen molar-refractivity contribution in [2.24, 2.45) is 0 Å². The largest absolute Gasteiger partial charge is 0.311 e. The Hall–Kier alpha value is -9.64. The monoisotopic (exact) mass is 918 g/mol. The molecule has 13 rings (SSSR count). The normalized spacial score (nSPS) is 11.3. The molecule has 4 nitrogen and oxygen atoms in total. The fourth-order valence-corrected chi connectivity index (χ4v) is 10.5. The van der Waals surface area contributed by atoms with E-state index in [4.69, 9.17) is 9.97 Å². The van der Waals surface area contributed by atoms with Gasteiger partial charge in [0.1, 0.15) is 0 Å². The van der Waals surface area contributed by atoms with Gasteiger partial charge >= 0.3 is 0 Å². The van der Waals surface area contributed by atoms with Crippen LogP contribution >= 0.6 is 0 Å². The highest BCUT2D eigenvalue weighted by Gasteiger charge is 2.23. The van der Waals surface area contributed by atoms with Crippen LogP contribution in [0.25, 0.3) is 106 Å². The maximum Gasteiger partial charge on any atom is 0.0979 e. The first kappa shape index (κ1) is 42.5. The van der Waals surface area contributed by atoms with E-state index in [-0.39, 0.29) is 0 Å². The Labute approximate surface area is 419 Å². The van der Waals surface area contributed by atoms with Crippen LogP contribution in [0, 0.1) is 0 Å². The van der Waals surface area contributed by atoms with Crippen molar-refractivity contribution >= 4 is 49.9 Å². The second kappa shape index (κ2) is 18.4. The predicted octanol–water partition coefficient (Wildman–Crippen LogP) is 18.2. The van der Waals surface area contributed by atoms with E-state index in [9.17, 15) is 0 Å². The van der Waals surface area contributed by atoms with Gasteiger partial charge in [0.25, 0.3) is 0 Å². The Morgan fingerprint density at radius 3 is 1.07 bits per heavy atom. The molecule has 0 amide bonds. The summed E-state index contributed by atoms with van der Waals surface area (Å²) >= 11 is 0. The summed E-state index contributed by atoms with van der Waals surface area (Å²) in [5.74, 6) is 0. The smallest absolute Gasteiger partial charge is 0.0979 e. The van der Waals surface area contributed by atoms with Crippen LogP contribution in [0.4, 0.5) is 17.1 Å². The molecule has 0 N–H and O–H groups in total. The van der Waals surface area contributed by atoms with E-state index in [1.807, 2.05) is 0 Å². The molecule has 0 spiro atoms. The topological polar surface area (TPSA) is 34.0 Å². The Morgan fingerprint density at radius 2 is 0.597 bits per heavy atom. The van der Waals surface area contributed by atoms with Gasteiger partial charge in [0.05, 0.1) is 33.5 Å². The molecule has 13 aromatic rings. The SMILES string of the molecule is c1ccc(-c2ccccc2-c2ccc(-c3ccccc3-c3ccccc3)c3nc(-c4ccc(N(c5ccccc5)c5ccc(-n6c7ccccc7c7ccccc76)cc5)cc4)c(-c4ccccc4)nc23)cc1. The van der Waals surface area contributed by atoms with Gasteiger partial charge in [0, 0.05) is 55.8 Å². The number of hydrogen-bond acceptors (Lipinski definition) is 3. The molecule has 0 radical (unpaired) electrons. The van der Waals surface area contributed by atoms with Crippen LogP contribution in [0.15, 0.2) is 279 Å². The van der Waals surface area contributed by atoms with Crippen LogP contribution in [0.5, 0.6) is 0 Å². The van der Waals surface area contributed by atoms with Crippen LogP contribution < -0.4 is 4.90 Å². The second-order valence-corrected chi connectivity index (χ2v) is 18.1. The molecule has 2 heterocycles. The van der Waals surface area contributed by atoms with Crippen LogP contribution in [0.2, 0.25) is 0 Å². The van der Waals surface area contributed by atoms with E-state index in [1.165, 1.54) is 21.8 Å². The van der Waals surface area contributed by atoms with Crippen molar-refractivity contribution in [1.82, 2.24) is 14.5 Å². The first-order chi connectivity index (χ1) is 35.7. The third kappa shape index (κ3) is 7.59. The average Bonchev–Trinajstić information content (AvgIpc) is 3.80. The molecular weight excluding hydrogens is 873 g/mol. The molecule has 0 unspecified atom stereocenters. The summed E-state index contributed by atoms with van der Waals surface area (Å²) in [6.07, 6.45) is 0. The zero-order chi connectivity index (χ0) is 47.8. The second-order valence-electron chi connectivity index (χ2n) is 18.1. The third-order valence-corrected chi connectivity index (χ3v) is 13.8. The summed E-state index contributed by atoms with van der Waals surface area (Å²) in [5, 5.41) is 2.49. The van der Waals surface area contributed by atoms with Gasteiger partial charge in [0.15, 0.2) is 0 Å². The number of benzene rings is 11. The quantitative estimate of drug-likeness (QED) is 0.137. The fourth-order valence-electron chi connectivity index (χ4n) is 10.5. The number of anilines is 3. The lowest BCUT2D eigenvalue weighted by Crippen LogP contribution is -2.10. The lowest BCUT2D eigenvalue weighted by molar-refractivity contribution is 1.17. The fraction of sp³-hybridized carbons (Fsp3) is 0. The molecule has 11 aromatic carbocycles. The van der Waals surface area contributed by atoms with Gasteiger partial charge < -0.3 is 9.47 Å². The lowest BCUT2D eigenvalue weighted by atomic mass is 9.89. The zero-order valence-corrected chi connectivity index (χ0v) is 39.3. The van der Waals surface area contributed by atoms with Gasteiger partial charge in [-0.1, -0.05) is 218 Å². The highest BCUT2D eigenvalue weighted by molar-refractivity contribution is 6.10. The molecule has 4 heteroatoms. The van der Waals surface area contributed by atoms with Crippen molar-refractivity contribution in [2.45, 2.75) is 0 Å². The average molecular weight is 919 g/mol. The molecule has 0 saturated carbocycles. The number of rotatable bonds is 10. The van der Waals surface area contributed by atoms with Crippen LogP contribution in [0.1, 0.15) is 0 Å². The van der Waals surface area contributed by atoms with Gasteiger partial charge in [-0.05, 0) is 94.0 Å². The standard InChI is InChI=1S/C68H46N4/c1-5-21-47(22-6-1)55-29-13-15-31-57(55)61-45-46-62(58-32-16-14-30-56(58)48-23-7-2-8-24-48)68-67(61)69-65(49-25-9-3-10-26-49)66(70-68)50-37-39-52(40-38-50)71(51-27-11-4-12-28-51)53-41-43-54(44-42-53)72-63-35-19-17-33-59(63)60-34-18-20-36-64(60)72/h1-46H. The Kier molecular flexibility index (Phi) is 10.8. The summed E-state index contributed by atoms with van der Waals surface area (Å²) in [5.41, 5.74) is 20.8. The highest BCUT2D eigenvalue weighted by atomic mass is 15.1. The molecule has 0 atom stereocenters. The number of hydrogen-bond donors (Lipinski definition) is 0. The first-order valence-corrected chi connectivity index (χ1v) is 24.5. The minimum Gasteiger partial charge on any atom is -0.311 e. The molecule has 0 saturated heterocycles. The highest BCUT2D eigenvalue weighted by Crippen LogP contribution is 2.44. The summed E-state index contributed by atoms with van der Waals surface area (Å²) in [4.78, 5) is 13.9. The van der Waals surface area contributed by atoms with Crippen molar-refractivity contribution in [1.29, 1.82) is 0 Å². The number of fused-ring (bicyclic) bond motifs is 4. The molecular formula is C68H46N4. The van der Waals surface area contributed by atoms with Crippen LogP contribution in [-0.2, 0) is 0 Å². The van der Waals surface area contributed by atoms with Gasteiger partial charge in [-0.2, -0.15) is 0 Å². The van der Waals surface area contributed by atoms with E-state index >= 15 is 0 Å². The Morgan fingerprint density at radius 1 is 0.250 bits per heavy atom. The third-order valence-electron chi connectivity index (χ3n) is 13.8. The van der Waals surface area contributed by atoms with Crippen molar-refractivity contribution in [3.63, 3.8) is 0 Å². The van der Waals surface area contributed by atoms with Crippen molar-refractivity contribution in [3.8, 4) is 72.7 Å². The molecule has 338 valence electrons. The number of aromatic nitrogens is 3. The molecule has 0 aliphatic carbocycles. The van der Waals surface area contributed by atoms with Gasteiger partial charge in [0.2, 0.25) is 0 Å². The van der Waals surface area contributed by atoms with Gasteiger partial charge in [-0.3, -0.25) is 0 Å². The van der Waals surface area contributed by atoms with E-state index in [0.29, 0.717) is 0 Å². The Balaban J connectivity index is 0.984. The van der Waals surface area contributed by atoms with E-state index < -0.39 is 0 Å². The predicted molar refractivity (Wildman–Crippen MR) is 301 cm³/mol. The molecule has 0 aliphatic rings. The Bertz CT molecular complexity index is 4000. The van der Waals surface area contributed by atoms with Gasteiger partial charge in [-0.15, -0.1) is 0 Å². The summed E-state index contributed by atoms with van der Waals surface area (Å²) < 4.78 is 2.36. The summed E-state index contributed by atoms with van der Waals surface area (Å²) in [6.45, 7) is 0. The minimum atomic E-state index is 0.814. The van der Waals surface area contributed by atoms with Crippen molar-refractivity contribution < 1.29 is 0 Å². The maximum atomic E-state index is 5.81. The van der Waals surface area contributed by atoms with E-state index in [1.54, 1.807) is 0 Å². The maximum absolute atomic E-state index is 5.81. The van der Waals surface area contributed by atoms with Crippen molar-refractivity contribution in [3.05, 3.63) is 279 Å². The molecule has 0 aliphatic heterocycles. The van der Waals surface area contributed by atoms with E-state index in [2.05, 4.69) is 289 Å². The van der Waals surface area contributed by atoms with E-state index in [0.717, 1.165) is 101 Å². The number of nitrogens with zero attached hydrogens (tertiary/aromatic N) is 4. The minimum absolute atomic E-state index is 0.814. The van der Waals surface area contributed by atoms with Crippen LogP contribution in [-0.4, -0.2) is 14.5 Å². The first-order valence-electron chi connectivity index (χ1n) is 24.5.